The number of benzene rings is 1. The van der Waals surface area contributed by atoms with Crippen LogP contribution in [0.1, 0.15) is 22.8 Å². The SMILES string of the molecule is COc1cc([C@H]2c3sc(=O)[nH]c3S[C@@H]3[C@@H]4C[C@H]([C@H]5C(=O)N(CC(=O)O)C(=O)[C@H]45)[C@H]23)ccc1O. The van der Waals surface area contributed by atoms with Crippen molar-refractivity contribution in [3.05, 3.63) is 38.3 Å². The van der Waals surface area contributed by atoms with Crippen LogP contribution in [0.2, 0.25) is 0 Å². The van der Waals surface area contributed by atoms with Gasteiger partial charge in [-0.15, -0.1) is 11.8 Å². The van der Waals surface area contributed by atoms with Crippen LogP contribution in [0, 0.1) is 29.6 Å². The van der Waals surface area contributed by atoms with E-state index in [1.54, 1.807) is 23.9 Å². The van der Waals surface area contributed by atoms with Gasteiger partial charge in [-0.2, -0.15) is 0 Å². The Balaban J connectivity index is 1.46. The number of amides is 2. The van der Waals surface area contributed by atoms with Crippen LogP contribution >= 0.6 is 23.1 Å². The van der Waals surface area contributed by atoms with Crippen LogP contribution in [0.3, 0.4) is 0 Å². The number of imide groups is 1. The number of carbonyl (C=O) groups is 3. The fraction of sp³-hybridized carbons (Fsp3) is 0.455. The molecule has 1 aromatic heterocycles. The molecule has 33 heavy (non-hydrogen) atoms. The minimum absolute atomic E-state index is 0.00372. The minimum Gasteiger partial charge on any atom is -0.504 e. The number of aliphatic carboxylic acids is 1. The maximum atomic E-state index is 13.2. The van der Waals surface area contributed by atoms with Crippen LogP contribution in [0.25, 0.3) is 0 Å². The van der Waals surface area contributed by atoms with Crippen molar-refractivity contribution in [2.45, 2.75) is 22.6 Å². The predicted molar refractivity (Wildman–Crippen MR) is 118 cm³/mol. The van der Waals surface area contributed by atoms with Crippen molar-refractivity contribution in [2.24, 2.45) is 29.6 Å². The van der Waals surface area contributed by atoms with Gasteiger partial charge in [-0.25, -0.2) is 0 Å². The second kappa shape index (κ2) is 7.10. The molecule has 1 saturated heterocycles. The molecule has 6 rings (SSSR count). The first-order valence-electron chi connectivity index (χ1n) is 10.6. The molecule has 3 heterocycles. The zero-order valence-electron chi connectivity index (χ0n) is 17.4. The Kier molecular flexibility index (Phi) is 4.47. The van der Waals surface area contributed by atoms with E-state index < -0.39 is 30.3 Å². The molecule has 7 atom stereocenters. The van der Waals surface area contributed by atoms with Gasteiger partial charge in [0.25, 0.3) is 0 Å². The lowest BCUT2D eigenvalue weighted by Gasteiger charge is -2.43. The van der Waals surface area contributed by atoms with Crippen LogP contribution in [0.15, 0.2) is 28.0 Å². The van der Waals surface area contributed by atoms with Gasteiger partial charge in [0.05, 0.1) is 24.0 Å². The van der Waals surface area contributed by atoms with Crippen molar-refractivity contribution in [2.75, 3.05) is 13.7 Å². The molecule has 3 N–H and O–H groups in total. The number of aromatic nitrogens is 1. The largest absolute Gasteiger partial charge is 0.504 e. The quantitative estimate of drug-likeness (QED) is 0.553. The van der Waals surface area contributed by atoms with E-state index in [1.165, 1.54) is 7.11 Å². The van der Waals surface area contributed by atoms with Gasteiger partial charge in [0.2, 0.25) is 11.8 Å². The first-order valence-corrected chi connectivity index (χ1v) is 12.3. The Morgan fingerprint density at radius 2 is 1.94 bits per heavy atom. The Morgan fingerprint density at radius 3 is 2.64 bits per heavy atom. The van der Waals surface area contributed by atoms with Crippen LogP contribution < -0.4 is 9.61 Å². The number of thiazole rings is 1. The number of thioether (sulfide) groups is 1. The summed E-state index contributed by atoms with van der Waals surface area (Å²) in [5.74, 6) is -3.03. The summed E-state index contributed by atoms with van der Waals surface area (Å²) >= 11 is 2.71. The molecule has 172 valence electrons. The Morgan fingerprint density at radius 1 is 1.21 bits per heavy atom. The van der Waals surface area contributed by atoms with E-state index in [-0.39, 0.29) is 45.5 Å². The molecule has 11 heteroatoms. The van der Waals surface area contributed by atoms with Crippen molar-refractivity contribution in [3.63, 3.8) is 0 Å². The van der Waals surface area contributed by atoms with Gasteiger partial charge in [-0.05, 0) is 41.9 Å². The number of H-pyrrole nitrogens is 1. The van der Waals surface area contributed by atoms with Crippen molar-refractivity contribution >= 4 is 40.9 Å². The number of carboxylic acid groups (broad SMARTS) is 1. The fourth-order valence-corrected chi connectivity index (χ4v) is 9.52. The average Bonchev–Trinajstić information content (AvgIpc) is 3.49. The van der Waals surface area contributed by atoms with Gasteiger partial charge in [0.1, 0.15) is 6.54 Å². The van der Waals surface area contributed by atoms with E-state index in [0.29, 0.717) is 5.75 Å². The van der Waals surface area contributed by atoms with Crippen molar-refractivity contribution in [1.29, 1.82) is 0 Å². The zero-order valence-corrected chi connectivity index (χ0v) is 19.0. The molecule has 2 aliphatic heterocycles. The number of fused-ring (bicyclic) bond motifs is 9. The third-order valence-corrected chi connectivity index (χ3v) is 10.3. The second-order valence-corrected chi connectivity index (χ2v) is 11.3. The molecule has 3 fully saturated rings. The van der Waals surface area contributed by atoms with Gasteiger partial charge in [0.15, 0.2) is 11.5 Å². The first kappa shape index (κ1) is 20.8. The summed E-state index contributed by atoms with van der Waals surface area (Å²) in [4.78, 5) is 54.3. The van der Waals surface area contributed by atoms with E-state index in [4.69, 9.17) is 4.74 Å². The molecule has 1 aromatic carbocycles. The number of hydrogen-bond donors (Lipinski definition) is 3. The number of phenols is 1. The molecule has 0 spiro atoms. The summed E-state index contributed by atoms with van der Waals surface area (Å²) in [6.07, 6.45) is 0.723. The first-order chi connectivity index (χ1) is 15.8. The summed E-state index contributed by atoms with van der Waals surface area (Å²) in [7, 11) is 1.47. The van der Waals surface area contributed by atoms with E-state index in [2.05, 4.69) is 4.98 Å². The molecule has 0 radical (unpaired) electrons. The van der Waals surface area contributed by atoms with E-state index in [0.717, 1.165) is 38.1 Å². The van der Waals surface area contributed by atoms with Crippen LogP contribution in [0.4, 0.5) is 0 Å². The van der Waals surface area contributed by atoms with E-state index >= 15 is 0 Å². The number of carbonyl (C=O) groups excluding carboxylic acids is 2. The Hall–Kier alpha value is -2.79. The number of aromatic amines is 1. The Bertz CT molecular complexity index is 1270. The zero-order chi connectivity index (χ0) is 23.2. The maximum Gasteiger partial charge on any atom is 0.323 e. The number of nitrogens with zero attached hydrogens (tertiary/aromatic N) is 1. The highest BCUT2D eigenvalue weighted by Gasteiger charge is 2.69. The molecule has 9 nitrogen and oxygen atoms in total. The molecular formula is C22H20N2O7S2. The maximum absolute atomic E-state index is 13.2. The van der Waals surface area contributed by atoms with Gasteiger partial charge in [-0.3, -0.25) is 24.1 Å². The number of rotatable bonds is 4. The second-order valence-electron chi connectivity index (χ2n) is 9.05. The topological polar surface area (TPSA) is 137 Å². The lowest BCUT2D eigenvalue weighted by molar-refractivity contribution is -0.149. The summed E-state index contributed by atoms with van der Waals surface area (Å²) in [5, 5.41) is 20.1. The van der Waals surface area contributed by atoms with E-state index in [9.17, 15) is 29.4 Å². The molecule has 4 aliphatic rings. The van der Waals surface area contributed by atoms with Gasteiger partial charge in [-0.1, -0.05) is 17.4 Å². The highest BCUT2D eigenvalue weighted by atomic mass is 32.2. The van der Waals surface area contributed by atoms with E-state index in [1.807, 2.05) is 6.07 Å². The van der Waals surface area contributed by atoms with Crippen molar-refractivity contribution < 1.29 is 29.3 Å². The van der Waals surface area contributed by atoms with Crippen LogP contribution in [0.5, 0.6) is 11.5 Å². The number of nitrogens with one attached hydrogen (secondary N) is 1. The number of aromatic hydroxyl groups is 1. The molecular weight excluding hydrogens is 468 g/mol. The number of methoxy groups -OCH3 is 1. The molecule has 2 amide bonds. The third kappa shape index (κ3) is 2.78. The smallest absolute Gasteiger partial charge is 0.323 e. The fourth-order valence-electron chi connectivity index (χ4n) is 6.63. The number of ether oxygens (including phenoxy) is 1. The van der Waals surface area contributed by atoms with Gasteiger partial charge in [0, 0.05) is 16.0 Å². The van der Waals surface area contributed by atoms with Crippen molar-refractivity contribution in [3.8, 4) is 11.5 Å². The normalized spacial score (nSPS) is 33.7. The molecule has 2 bridgehead atoms. The summed E-state index contributed by atoms with van der Waals surface area (Å²) in [5.41, 5.74) is 0.875. The standard InChI is InChI=1S/C22H20N2O7S2/c1-31-11-4-7(2-3-10(11)25)13-14-8-5-9(17(14)32-19-18(13)33-22(30)23-19)16-15(8)20(28)24(21(16)29)6-12(26)27/h2-4,8-9,13-17,25H,5-6H2,1H3,(H,23,30)(H,26,27)/t8-,9+,13+,14+,15+,16+,17+/m0/s1. The number of phenolic OH excluding ortho intramolecular Hbond substituents is 1. The molecule has 2 saturated carbocycles. The van der Waals surface area contributed by atoms with Gasteiger partial charge < -0.3 is 19.9 Å². The lowest BCUT2D eigenvalue weighted by Crippen LogP contribution is -2.42. The summed E-state index contributed by atoms with van der Waals surface area (Å²) in [6, 6.07) is 5.14. The molecule has 0 unspecified atom stereocenters. The van der Waals surface area contributed by atoms with Gasteiger partial charge >= 0.3 is 10.8 Å². The Labute approximate surface area is 195 Å². The number of likely N-dealkylation sites (tertiary alicyclic amines) is 1. The number of carboxylic acids is 1. The monoisotopic (exact) mass is 488 g/mol. The molecule has 2 aromatic rings. The third-order valence-electron chi connectivity index (χ3n) is 7.67. The summed E-state index contributed by atoms with van der Waals surface area (Å²) in [6.45, 7) is -0.605. The predicted octanol–water partition coefficient (Wildman–Crippen LogP) is 1.71. The average molecular weight is 489 g/mol. The highest BCUT2D eigenvalue weighted by Crippen LogP contribution is 2.68. The van der Waals surface area contributed by atoms with Crippen LogP contribution in [-0.2, 0) is 14.4 Å². The minimum atomic E-state index is -1.20. The molecule has 2 aliphatic carbocycles. The summed E-state index contributed by atoms with van der Waals surface area (Å²) < 4.78 is 5.31. The highest BCUT2D eigenvalue weighted by molar-refractivity contribution is 8.00. The van der Waals surface area contributed by atoms with Crippen LogP contribution in [-0.4, -0.2) is 56.8 Å². The van der Waals surface area contributed by atoms with Crippen molar-refractivity contribution in [1.82, 2.24) is 9.88 Å². The number of hydrogen-bond acceptors (Lipinski definition) is 8. The lowest BCUT2D eigenvalue weighted by atomic mass is 9.68.